The summed E-state index contributed by atoms with van der Waals surface area (Å²) in [5.74, 6) is -0.900. The second-order valence-corrected chi connectivity index (χ2v) is 24.1. The van der Waals surface area contributed by atoms with E-state index in [1.54, 1.807) is 0 Å². The number of ether oxygens (including phenoxy) is 3. The average molecular weight is 1130 g/mol. The molecule has 81 heavy (non-hydrogen) atoms. The van der Waals surface area contributed by atoms with Crippen LogP contribution in [0.5, 0.6) is 0 Å². The molecule has 0 aliphatic rings. The van der Waals surface area contributed by atoms with Crippen LogP contribution in [0.25, 0.3) is 0 Å². The molecule has 0 radical (unpaired) electrons. The standard InChI is InChI=1S/C75H136O6/c1-4-7-10-13-16-19-21-23-25-27-29-30-31-32-33-34-35-36-37-38-39-40-41-42-43-44-46-47-49-51-53-56-59-62-65-68-74(77)80-71-72(70-79-73(76)67-64-61-58-55-18-15-12-9-6-3)81-75(78)69-66-63-60-57-54-52-50-48-45-28-26-24-22-20-17-14-11-8-5-2/h8,11,17,20,24,26,45,48,52,54,72H,4-7,9-10,12-16,18-19,21-23,25,27-44,46-47,49-51,53,55-71H2,1-3H3/b11-8-,20-17-,26-24-,48-45-,54-52-. The summed E-state index contributed by atoms with van der Waals surface area (Å²) in [5.41, 5.74) is 0. The Morgan fingerprint density at radius 2 is 0.481 bits per heavy atom. The Bertz CT molecular complexity index is 1440. The summed E-state index contributed by atoms with van der Waals surface area (Å²) in [7, 11) is 0. The summed E-state index contributed by atoms with van der Waals surface area (Å²) in [5, 5.41) is 0. The summed E-state index contributed by atoms with van der Waals surface area (Å²) in [6.07, 6.45) is 90.1. The normalized spacial score (nSPS) is 12.4. The van der Waals surface area contributed by atoms with E-state index in [1.807, 2.05) is 0 Å². The Labute approximate surface area is 504 Å². The molecule has 0 rings (SSSR count). The fraction of sp³-hybridized carbons (Fsp3) is 0.827. The predicted octanol–water partition coefficient (Wildman–Crippen LogP) is 24.7. The van der Waals surface area contributed by atoms with Gasteiger partial charge in [-0.1, -0.05) is 358 Å². The van der Waals surface area contributed by atoms with Gasteiger partial charge in [-0.15, -0.1) is 0 Å². The van der Waals surface area contributed by atoms with Crippen molar-refractivity contribution in [3.63, 3.8) is 0 Å². The van der Waals surface area contributed by atoms with E-state index in [0.29, 0.717) is 19.3 Å². The number of carbonyl (C=O) groups excluding carboxylic acids is 3. The van der Waals surface area contributed by atoms with Crippen molar-refractivity contribution in [2.75, 3.05) is 13.2 Å². The van der Waals surface area contributed by atoms with Crippen molar-refractivity contribution in [2.24, 2.45) is 0 Å². The molecule has 0 aromatic rings. The van der Waals surface area contributed by atoms with Crippen LogP contribution in [-0.2, 0) is 28.6 Å². The molecule has 1 atom stereocenters. The zero-order valence-electron chi connectivity index (χ0n) is 54.3. The highest BCUT2D eigenvalue weighted by Crippen LogP contribution is 2.19. The summed E-state index contributed by atoms with van der Waals surface area (Å²) in [6.45, 7) is 6.53. The number of hydrogen-bond acceptors (Lipinski definition) is 6. The van der Waals surface area contributed by atoms with Crippen molar-refractivity contribution >= 4 is 17.9 Å². The molecule has 472 valence electrons. The molecular weight excluding hydrogens is 997 g/mol. The Balaban J connectivity index is 4.03. The lowest BCUT2D eigenvalue weighted by atomic mass is 10.0. The first-order valence-corrected chi connectivity index (χ1v) is 35.8. The van der Waals surface area contributed by atoms with Crippen LogP contribution < -0.4 is 0 Å². The maximum atomic E-state index is 12.9. The van der Waals surface area contributed by atoms with Gasteiger partial charge >= 0.3 is 17.9 Å². The van der Waals surface area contributed by atoms with E-state index >= 15 is 0 Å². The number of rotatable bonds is 66. The van der Waals surface area contributed by atoms with Gasteiger partial charge in [-0.05, 0) is 64.2 Å². The highest BCUT2D eigenvalue weighted by Gasteiger charge is 2.19. The molecule has 0 N–H and O–H groups in total. The Morgan fingerprint density at radius 3 is 0.753 bits per heavy atom. The zero-order chi connectivity index (χ0) is 58.5. The average Bonchev–Trinajstić information content (AvgIpc) is 3.47. The monoisotopic (exact) mass is 1130 g/mol. The molecule has 1 unspecified atom stereocenters. The maximum absolute atomic E-state index is 12.9. The van der Waals surface area contributed by atoms with Crippen molar-refractivity contribution in [1.82, 2.24) is 0 Å². The number of carbonyl (C=O) groups is 3. The van der Waals surface area contributed by atoms with Crippen molar-refractivity contribution < 1.29 is 28.6 Å². The van der Waals surface area contributed by atoms with Crippen LogP contribution in [-0.4, -0.2) is 37.2 Å². The SMILES string of the molecule is CC/C=C\C/C=C\C/C=C\C/C=C\C/C=C\CCCCCC(=O)OC(COC(=O)CCCCCCCCCCC)COC(=O)CCCCCCCCCCCCCCCCCCCCCCCCCCCCCCCCCCCCC. The van der Waals surface area contributed by atoms with Crippen LogP contribution in [0.3, 0.4) is 0 Å². The Hall–Kier alpha value is -2.89. The van der Waals surface area contributed by atoms with Crippen LogP contribution in [0.4, 0.5) is 0 Å². The van der Waals surface area contributed by atoms with Crippen LogP contribution in [0.15, 0.2) is 60.8 Å². The minimum Gasteiger partial charge on any atom is -0.462 e. The lowest BCUT2D eigenvalue weighted by molar-refractivity contribution is -0.167. The molecule has 6 heteroatoms. The van der Waals surface area contributed by atoms with Crippen molar-refractivity contribution in [3.8, 4) is 0 Å². The van der Waals surface area contributed by atoms with Crippen molar-refractivity contribution in [2.45, 2.75) is 386 Å². The molecule has 0 saturated carbocycles. The molecule has 0 aromatic carbocycles. The van der Waals surface area contributed by atoms with Crippen molar-refractivity contribution in [3.05, 3.63) is 60.8 Å². The Morgan fingerprint density at radius 1 is 0.259 bits per heavy atom. The molecule has 0 heterocycles. The van der Waals surface area contributed by atoms with E-state index < -0.39 is 6.10 Å². The second kappa shape index (κ2) is 69.6. The first-order valence-electron chi connectivity index (χ1n) is 35.8. The van der Waals surface area contributed by atoms with Crippen molar-refractivity contribution in [1.29, 1.82) is 0 Å². The number of esters is 3. The lowest BCUT2D eigenvalue weighted by Crippen LogP contribution is -2.30. The third-order valence-corrected chi connectivity index (χ3v) is 16.0. The molecule has 0 aromatic heterocycles. The second-order valence-electron chi connectivity index (χ2n) is 24.1. The van der Waals surface area contributed by atoms with Gasteiger partial charge in [0.1, 0.15) is 13.2 Å². The molecule has 0 spiro atoms. The maximum Gasteiger partial charge on any atom is 0.306 e. The van der Waals surface area contributed by atoms with Gasteiger partial charge < -0.3 is 14.2 Å². The molecule has 0 aliphatic carbocycles. The fourth-order valence-corrected chi connectivity index (χ4v) is 10.7. The van der Waals surface area contributed by atoms with Crippen LogP contribution in [0.1, 0.15) is 380 Å². The minimum absolute atomic E-state index is 0.0837. The first kappa shape index (κ1) is 78.1. The molecule has 6 nitrogen and oxygen atoms in total. The molecule has 0 aliphatic heterocycles. The third kappa shape index (κ3) is 67.8. The molecule has 0 amide bonds. The Kier molecular flexibility index (Phi) is 67.1. The van der Waals surface area contributed by atoms with Gasteiger partial charge in [0.05, 0.1) is 0 Å². The largest absolute Gasteiger partial charge is 0.462 e. The number of hydrogen-bond donors (Lipinski definition) is 0. The minimum atomic E-state index is -0.789. The smallest absolute Gasteiger partial charge is 0.306 e. The van der Waals surface area contributed by atoms with Crippen LogP contribution >= 0.6 is 0 Å². The molecule has 0 fully saturated rings. The third-order valence-electron chi connectivity index (χ3n) is 16.0. The first-order chi connectivity index (χ1) is 40.0. The van der Waals surface area contributed by atoms with E-state index in [1.165, 1.54) is 244 Å². The van der Waals surface area contributed by atoms with Gasteiger partial charge in [-0.3, -0.25) is 14.4 Å². The quantitative estimate of drug-likeness (QED) is 0.0261. The molecule has 0 saturated heterocycles. The topological polar surface area (TPSA) is 78.9 Å². The fourth-order valence-electron chi connectivity index (χ4n) is 10.7. The lowest BCUT2D eigenvalue weighted by Gasteiger charge is -2.18. The summed E-state index contributed by atoms with van der Waals surface area (Å²) in [4.78, 5) is 38.2. The van der Waals surface area contributed by atoms with Gasteiger partial charge in [0.25, 0.3) is 0 Å². The molecule has 0 bridgehead atoms. The van der Waals surface area contributed by atoms with Crippen LogP contribution in [0, 0.1) is 0 Å². The summed E-state index contributed by atoms with van der Waals surface area (Å²) >= 11 is 0. The van der Waals surface area contributed by atoms with Gasteiger partial charge in [0.15, 0.2) is 6.10 Å². The number of unbranched alkanes of at least 4 members (excludes halogenated alkanes) is 45. The summed E-state index contributed by atoms with van der Waals surface area (Å²) in [6, 6.07) is 0. The van der Waals surface area contributed by atoms with Gasteiger partial charge in [0, 0.05) is 19.3 Å². The van der Waals surface area contributed by atoms with E-state index in [-0.39, 0.29) is 31.1 Å². The summed E-state index contributed by atoms with van der Waals surface area (Å²) < 4.78 is 16.9. The number of allylic oxidation sites excluding steroid dienone is 10. The van der Waals surface area contributed by atoms with E-state index in [9.17, 15) is 14.4 Å². The highest BCUT2D eigenvalue weighted by molar-refractivity contribution is 5.71. The predicted molar refractivity (Wildman–Crippen MR) is 353 cm³/mol. The van der Waals surface area contributed by atoms with Gasteiger partial charge in [-0.2, -0.15) is 0 Å². The van der Waals surface area contributed by atoms with Gasteiger partial charge in [-0.25, -0.2) is 0 Å². The zero-order valence-corrected chi connectivity index (χ0v) is 54.3. The van der Waals surface area contributed by atoms with E-state index in [2.05, 4.69) is 81.5 Å². The highest BCUT2D eigenvalue weighted by atomic mass is 16.6. The van der Waals surface area contributed by atoms with Gasteiger partial charge in [0.2, 0.25) is 0 Å². The van der Waals surface area contributed by atoms with E-state index in [4.69, 9.17) is 14.2 Å². The molecular formula is C75H136O6. The van der Waals surface area contributed by atoms with E-state index in [0.717, 1.165) is 96.3 Å². The van der Waals surface area contributed by atoms with Crippen LogP contribution in [0.2, 0.25) is 0 Å².